The molecule has 1 aliphatic rings. The van der Waals surface area contributed by atoms with Gasteiger partial charge in [-0.15, -0.1) is 10.2 Å². The van der Waals surface area contributed by atoms with Crippen LogP contribution in [0.1, 0.15) is 39.3 Å². The van der Waals surface area contributed by atoms with Crippen molar-refractivity contribution in [1.29, 1.82) is 0 Å². The maximum absolute atomic E-state index is 12.9. The van der Waals surface area contributed by atoms with Crippen LogP contribution in [0, 0.1) is 6.92 Å². The van der Waals surface area contributed by atoms with Gasteiger partial charge >= 0.3 is 6.03 Å². The summed E-state index contributed by atoms with van der Waals surface area (Å²) < 4.78 is 5.21. The van der Waals surface area contributed by atoms with E-state index in [0.717, 1.165) is 18.4 Å². The third-order valence-electron chi connectivity index (χ3n) is 5.06. The first-order valence-corrected chi connectivity index (χ1v) is 10.8. The van der Waals surface area contributed by atoms with E-state index >= 15 is 0 Å². The summed E-state index contributed by atoms with van der Waals surface area (Å²) in [5.74, 6) is 0.363. The summed E-state index contributed by atoms with van der Waals surface area (Å²) in [7, 11) is 1.58. The first-order chi connectivity index (χ1) is 15.0. The maximum atomic E-state index is 12.9. The second kappa shape index (κ2) is 9.13. The third-order valence-corrected chi connectivity index (χ3v) is 6.09. The Morgan fingerprint density at radius 3 is 2.68 bits per heavy atom. The molecule has 3 amide bonds. The molecule has 1 fully saturated rings. The Kier molecular flexibility index (Phi) is 6.13. The molecule has 0 aliphatic carbocycles. The van der Waals surface area contributed by atoms with Crippen molar-refractivity contribution in [1.82, 2.24) is 15.1 Å². The Hall–Kier alpha value is -3.46. The Bertz CT molecular complexity index is 1080. The van der Waals surface area contributed by atoms with E-state index in [1.807, 2.05) is 49.4 Å². The molecule has 31 heavy (non-hydrogen) atoms. The Labute approximate surface area is 184 Å². The highest BCUT2D eigenvalue weighted by atomic mass is 32.1. The van der Waals surface area contributed by atoms with E-state index in [-0.39, 0.29) is 23.0 Å². The SMILES string of the molecule is COc1cccc(NC(=O)N2CCCC2c2nnc(C(=O)Nc3ccc(C)cc3)s2)c1. The number of benzene rings is 2. The van der Waals surface area contributed by atoms with Gasteiger partial charge in [-0.3, -0.25) is 4.79 Å². The van der Waals surface area contributed by atoms with Gasteiger partial charge in [-0.25, -0.2) is 4.79 Å². The molecule has 2 heterocycles. The number of nitrogens with one attached hydrogen (secondary N) is 2. The number of urea groups is 1. The van der Waals surface area contributed by atoms with E-state index in [1.165, 1.54) is 11.3 Å². The van der Waals surface area contributed by atoms with Crippen LogP contribution in [0.4, 0.5) is 16.2 Å². The molecule has 2 N–H and O–H groups in total. The van der Waals surface area contributed by atoms with Crippen molar-refractivity contribution in [2.75, 3.05) is 24.3 Å². The molecular weight excluding hydrogens is 414 g/mol. The smallest absolute Gasteiger partial charge is 0.322 e. The fourth-order valence-corrected chi connectivity index (χ4v) is 4.33. The number of carbonyl (C=O) groups is 2. The molecule has 2 aromatic carbocycles. The number of aromatic nitrogens is 2. The highest BCUT2D eigenvalue weighted by Crippen LogP contribution is 2.34. The highest BCUT2D eigenvalue weighted by Gasteiger charge is 2.33. The lowest BCUT2D eigenvalue weighted by atomic mass is 10.2. The summed E-state index contributed by atoms with van der Waals surface area (Å²) in [6.07, 6.45) is 1.64. The van der Waals surface area contributed by atoms with Crippen molar-refractivity contribution in [3.05, 3.63) is 64.1 Å². The lowest BCUT2D eigenvalue weighted by Crippen LogP contribution is -2.34. The van der Waals surface area contributed by atoms with Crippen LogP contribution in [0.25, 0.3) is 0 Å². The number of methoxy groups -OCH3 is 1. The number of amides is 3. The van der Waals surface area contributed by atoms with Crippen LogP contribution in [-0.4, -0.2) is 40.7 Å². The molecule has 0 bridgehead atoms. The minimum absolute atomic E-state index is 0.205. The van der Waals surface area contributed by atoms with Gasteiger partial charge in [0.2, 0.25) is 5.01 Å². The van der Waals surface area contributed by atoms with Crippen molar-refractivity contribution < 1.29 is 14.3 Å². The zero-order valence-electron chi connectivity index (χ0n) is 17.3. The number of ether oxygens (including phenoxy) is 1. The minimum atomic E-state index is -0.307. The average Bonchev–Trinajstić information content (AvgIpc) is 3.45. The molecule has 0 radical (unpaired) electrons. The number of anilines is 2. The number of nitrogens with zero attached hydrogens (tertiary/aromatic N) is 3. The van der Waals surface area contributed by atoms with Crippen LogP contribution in [0.5, 0.6) is 5.75 Å². The van der Waals surface area contributed by atoms with Gasteiger partial charge in [-0.05, 0) is 44.0 Å². The van der Waals surface area contributed by atoms with Crippen molar-refractivity contribution in [2.24, 2.45) is 0 Å². The van der Waals surface area contributed by atoms with E-state index in [1.54, 1.807) is 18.1 Å². The molecule has 3 aromatic rings. The molecule has 1 aromatic heterocycles. The number of hydrogen-bond acceptors (Lipinski definition) is 6. The molecule has 1 saturated heterocycles. The Morgan fingerprint density at radius 1 is 1.10 bits per heavy atom. The van der Waals surface area contributed by atoms with Crippen LogP contribution in [0.15, 0.2) is 48.5 Å². The zero-order valence-corrected chi connectivity index (χ0v) is 18.1. The first kappa shape index (κ1) is 20.8. The van der Waals surface area contributed by atoms with Gasteiger partial charge < -0.3 is 20.3 Å². The van der Waals surface area contributed by atoms with Gasteiger partial charge in [0.05, 0.1) is 13.2 Å². The second-order valence-corrected chi connectivity index (χ2v) is 8.29. The van der Waals surface area contributed by atoms with Gasteiger partial charge in [-0.2, -0.15) is 0 Å². The topological polar surface area (TPSA) is 96.4 Å². The predicted molar refractivity (Wildman–Crippen MR) is 120 cm³/mol. The molecule has 1 atom stereocenters. The van der Waals surface area contributed by atoms with Crippen LogP contribution < -0.4 is 15.4 Å². The molecule has 1 unspecified atom stereocenters. The van der Waals surface area contributed by atoms with Crippen LogP contribution in [-0.2, 0) is 0 Å². The summed E-state index contributed by atoms with van der Waals surface area (Å²) in [6, 6.07) is 14.3. The van der Waals surface area contributed by atoms with Gasteiger partial charge in [0.25, 0.3) is 5.91 Å². The first-order valence-electron chi connectivity index (χ1n) is 9.96. The lowest BCUT2D eigenvalue weighted by molar-refractivity contribution is 0.102. The van der Waals surface area contributed by atoms with Gasteiger partial charge in [-0.1, -0.05) is 35.1 Å². The fraction of sp³-hybridized carbons (Fsp3) is 0.273. The fourth-order valence-electron chi connectivity index (χ4n) is 3.45. The maximum Gasteiger partial charge on any atom is 0.322 e. The van der Waals surface area contributed by atoms with Crippen LogP contribution in [0.2, 0.25) is 0 Å². The summed E-state index contributed by atoms with van der Waals surface area (Å²) in [5, 5.41) is 14.9. The third kappa shape index (κ3) is 4.83. The van der Waals surface area contributed by atoms with E-state index in [0.29, 0.717) is 28.7 Å². The Morgan fingerprint density at radius 2 is 1.90 bits per heavy atom. The van der Waals surface area contributed by atoms with Crippen LogP contribution >= 0.6 is 11.3 Å². The number of carbonyl (C=O) groups excluding carboxylic acids is 2. The van der Waals surface area contributed by atoms with E-state index in [2.05, 4.69) is 20.8 Å². The minimum Gasteiger partial charge on any atom is -0.497 e. The molecule has 4 rings (SSSR count). The largest absolute Gasteiger partial charge is 0.497 e. The van der Waals surface area contributed by atoms with Crippen LogP contribution in [0.3, 0.4) is 0 Å². The van der Waals surface area contributed by atoms with Gasteiger partial charge in [0.1, 0.15) is 10.8 Å². The molecule has 0 spiro atoms. The summed E-state index contributed by atoms with van der Waals surface area (Å²) in [4.78, 5) is 27.1. The summed E-state index contributed by atoms with van der Waals surface area (Å²) in [5.41, 5.74) is 2.47. The van der Waals surface area contributed by atoms with E-state index in [9.17, 15) is 9.59 Å². The highest BCUT2D eigenvalue weighted by molar-refractivity contribution is 7.13. The second-order valence-electron chi connectivity index (χ2n) is 7.28. The lowest BCUT2D eigenvalue weighted by Gasteiger charge is -2.23. The molecule has 160 valence electrons. The van der Waals surface area contributed by atoms with E-state index < -0.39 is 0 Å². The summed E-state index contributed by atoms with van der Waals surface area (Å²) in [6.45, 7) is 2.60. The molecule has 0 saturated carbocycles. The number of rotatable bonds is 5. The molecular formula is C22H23N5O3S. The Balaban J connectivity index is 1.43. The molecule has 8 nitrogen and oxygen atoms in total. The van der Waals surface area contributed by atoms with E-state index in [4.69, 9.17) is 4.74 Å². The zero-order chi connectivity index (χ0) is 21.8. The van der Waals surface area contributed by atoms with Crippen molar-refractivity contribution in [3.8, 4) is 5.75 Å². The normalized spacial score (nSPS) is 15.5. The number of aryl methyl sites for hydroxylation is 1. The average molecular weight is 438 g/mol. The van der Waals surface area contributed by atoms with Gasteiger partial charge in [0.15, 0.2) is 0 Å². The summed E-state index contributed by atoms with van der Waals surface area (Å²) >= 11 is 1.22. The van der Waals surface area contributed by atoms with Crippen molar-refractivity contribution >= 4 is 34.6 Å². The van der Waals surface area contributed by atoms with Crippen molar-refractivity contribution in [3.63, 3.8) is 0 Å². The molecule has 1 aliphatic heterocycles. The van der Waals surface area contributed by atoms with Gasteiger partial charge in [0, 0.05) is 24.0 Å². The van der Waals surface area contributed by atoms with Crippen molar-refractivity contribution in [2.45, 2.75) is 25.8 Å². The molecule has 9 heteroatoms. The number of hydrogen-bond donors (Lipinski definition) is 2. The number of likely N-dealkylation sites (tertiary alicyclic amines) is 1. The standard InChI is InChI=1S/C22H23N5O3S/c1-14-8-10-15(11-9-14)23-19(28)21-26-25-20(31-21)18-7-4-12-27(18)22(29)24-16-5-3-6-17(13-16)30-2/h3,5-6,8-11,13,18H,4,7,12H2,1-2H3,(H,23,28)(H,24,29). The quantitative estimate of drug-likeness (QED) is 0.614. The predicted octanol–water partition coefficient (Wildman–Crippen LogP) is 4.48. The monoisotopic (exact) mass is 437 g/mol.